The number of hydrogen-bond donors (Lipinski definition) is 1. The zero-order chi connectivity index (χ0) is 15.5. The second-order valence-electron chi connectivity index (χ2n) is 6.30. The van der Waals surface area contributed by atoms with Crippen molar-refractivity contribution in [2.24, 2.45) is 0 Å². The molecule has 0 heterocycles. The molecule has 2 nitrogen and oxygen atoms in total. The highest BCUT2D eigenvalue weighted by Crippen LogP contribution is 2.24. The Labute approximate surface area is 135 Å². The Hall–Kier alpha value is -1.32. The Bertz CT molecular complexity index is 643. The standard InChI is InChI=1S/C18H22BrNO/c1-13(11-20-18(2,3)4)12-21-17-8-6-14-9-16(19)7-5-15(14)10-17/h5-10,20H,1,11-12H2,2-4H3. The Balaban J connectivity index is 1.94. The average molecular weight is 348 g/mol. The van der Waals surface area contributed by atoms with Gasteiger partial charge in [0, 0.05) is 16.6 Å². The van der Waals surface area contributed by atoms with Gasteiger partial charge in [0.05, 0.1) is 0 Å². The third kappa shape index (κ3) is 5.18. The molecular weight excluding hydrogens is 326 g/mol. The number of nitrogens with one attached hydrogen (secondary N) is 1. The molecule has 0 bridgehead atoms. The zero-order valence-corrected chi connectivity index (χ0v) is 14.5. The number of fused-ring (bicyclic) bond motifs is 1. The van der Waals surface area contributed by atoms with E-state index in [9.17, 15) is 0 Å². The minimum atomic E-state index is 0.0965. The quantitative estimate of drug-likeness (QED) is 0.774. The largest absolute Gasteiger partial charge is 0.489 e. The van der Waals surface area contributed by atoms with Crippen LogP contribution in [0.25, 0.3) is 10.8 Å². The topological polar surface area (TPSA) is 21.3 Å². The van der Waals surface area contributed by atoms with Gasteiger partial charge in [0.2, 0.25) is 0 Å². The average Bonchev–Trinajstić information content (AvgIpc) is 2.42. The monoisotopic (exact) mass is 347 g/mol. The summed E-state index contributed by atoms with van der Waals surface area (Å²) in [5.74, 6) is 0.877. The summed E-state index contributed by atoms with van der Waals surface area (Å²) in [6.45, 7) is 11.8. The Morgan fingerprint density at radius 1 is 1.14 bits per heavy atom. The molecule has 0 unspecified atom stereocenters. The summed E-state index contributed by atoms with van der Waals surface area (Å²) in [6, 6.07) is 12.4. The molecule has 0 aromatic heterocycles. The number of ether oxygens (including phenoxy) is 1. The van der Waals surface area contributed by atoms with Crippen LogP contribution in [0.2, 0.25) is 0 Å². The van der Waals surface area contributed by atoms with Crippen molar-refractivity contribution < 1.29 is 4.74 Å². The van der Waals surface area contributed by atoms with Crippen LogP contribution in [-0.4, -0.2) is 18.7 Å². The third-order valence-corrected chi connectivity index (χ3v) is 3.58. The predicted octanol–water partition coefficient (Wildman–Crippen LogP) is 4.93. The summed E-state index contributed by atoms with van der Waals surface area (Å²) in [7, 11) is 0. The van der Waals surface area contributed by atoms with Crippen molar-refractivity contribution in [3.05, 3.63) is 53.0 Å². The Kier molecular flexibility index (Phi) is 5.07. The molecule has 1 N–H and O–H groups in total. The van der Waals surface area contributed by atoms with Gasteiger partial charge in [0.1, 0.15) is 12.4 Å². The fourth-order valence-electron chi connectivity index (χ4n) is 1.91. The lowest BCUT2D eigenvalue weighted by molar-refractivity contribution is 0.342. The van der Waals surface area contributed by atoms with E-state index >= 15 is 0 Å². The molecule has 0 aliphatic heterocycles. The van der Waals surface area contributed by atoms with Crippen LogP contribution in [0.4, 0.5) is 0 Å². The van der Waals surface area contributed by atoms with Crippen molar-refractivity contribution in [1.82, 2.24) is 5.32 Å². The molecule has 3 heteroatoms. The smallest absolute Gasteiger partial charge is 0.120 e. The highest BCUT2D eigenvalue weighted by atomic mass is 79.9. The molecule has 2 rings (SSSR count). The van der Waals surface area contributed by atoms with Gasteiger partial charge in [-0.15, -0.1) is 0 Å². The van der Waals surface area contributed by atoms with Gasteiger partial charge in [-0.25, -0.2) is 0 Å². The third-order valence-electron chi connectivity index (χ3n) is 3.09. The minimum absolute atomic E-state index is 0.0965. The molecule has 0 saturated heterocycles. The summed E-state index contributed by atoms with van der Waals surface area (Å²) in [5.41, 5.74) is 1.14. The van der Waals surface area contributed by atoms with E-state index in [1.54, 1.807) is 0 Å². The highest BCUT2D eigenvalue weighted by molar-refractivity contribution is 9.10. The van der Waals surface area contributed by atoms with Gasteiger partial charge in [-0.3, -0.25) is 0 Å². The summed E-state index contributed by atoms with van der Waals surface area (Å²) in [4.78, 5) is 0. The minimum Gasteiger partial charge on any atom is -0.489 e. The van der Waals surface area contributed by atoms with E-state index in [2.05, 4.69) is 72.9 Å². The zero-order valence-electron chi connectivity index (χ0n) is 12.9. The molecule has 2 aromatic carbocycles. The molecule has 0 spiro atoms. The lowest BCUT2D eigenvalue weighted by Crippen LogP contribution is -2.37. The summed E-state index contributed by atoms with van der Waals surface area (Å²) < 4.78 is 6.91. The van der Waals surface area contributed by atoms with Crippen molar-refractivity contribution >= 4 is 26.7 Å². The Morgan fingerprint density at radius 3 is 2.52 bits per heavy atom. The van der Waals surface area contributed by atoms with Gasteiger partial charge in [-0.2, -0.15) is 0 Å². The molecule has 0 fully saturated rings. The second kappa shape index (κ2) is 6.63. The van der Waals surface area contributed by atoms with Crippen LogP contribution >= 0.6 is 15.9 Å². The predicted molar refractivity (Wildman–Crippen MR) is 94.0 cm³/mol. The van der Waals surface area contributed by atoms with Crippen LogP contribution in [-0.2, 0) is 0 Å². The lowest BCUT2D eigenvalue weighted by atomic mass is 10.1. The summed E-state index contributed by atoms with van der Waals surface area (Å²) >= 11 is 3.48. The molecule has 0 saturated carbocycles. The number of halogens is 1. The second-order valence-corrected chi connectivity index (χ2v) is 7.21. The van der Waals surface area contributed by atoms with E-state index in [1.165, 1.54) is 10.8 Å². The molecule has 0 aliphatic carbocycles. The summed E-state index contributed by atoms with van der Waals surface area (Å²) in [5, 5.41) is 5.78. The summed E-state index contributed by atoms with van der Waals surface area (Å²) in [6.07, 6.45) is 0. The van der Waals surface area contributed by atoms with Gasteiger partial charge in [0.25, 0.3) is 0 Å². The van der Waals surface area contributed by atoms with E-state index in [0.717, 1.165) is 22.3 Å². The van der Waals surface area contributed by atoms with Crippen LogP contribution in [0.5, 0.6) is 5.75 Å². The normalized spacial score (nSPS) is 11.6. The first-order chi connectivity index (χ1) is 9.83. The van der Waals surface area contributed by atoms with Gasteiger partial charge in [-0.05, 0) is 61.4 Å². The highest BCUT2D eigenvalue weighted by Gasteiger charge is 2.09. The lowest BCUT2D eigenvalue weighted by Gasteiger charge is -2.21. The van der Waals surface area contributed by atoms with E-state index in [-0.39, 0.29) is 5.54 Å². The van der Waals surface area contributed by atoms with Crippen LogP contribution in [0.1, 0.15) is 20.8 Å². The van der Waals surface area contributed by atoms with Crippen LogP contribution in [0.15, 0.2) is 53.0 Å². The fourth-order valence-corrected chi connectivity index (χ4v) is 2.29. The van der Waals surface area contributed by atoms with Crippen LogP contribution in [0.3, 0.4) is 0 Å². The van der Waals surface area contributed by atoms with Crippen molar-refractivity contribution in [3.8, 4) is 5.75 Å². The molecule has 0 atom stereocenters. The van der Waals surface area contributed by atoms with E-state index in [4.69, 9.17) is 4.74 Å². The van der Waals surface area contributed by atoms with Crippen molar-refractivity contribution in [1.29, 1.82) is 0 Å². The molecule has 0 aliphatic rings. The maximum atomic E-state index is 5.82. The first-order valence-electron chi connectivity index (χ1n) is 7.07. The fraction of sp³-hybridized carbons (Fsp3) is 0.333. The van der Waals surface area contributed by atoms with E-state index < -0.39 is 0 Å². The van der Waals surface area contributed by atoms with Crippen molar-refractivity contribution in [2.45, 2.75) is 26.3 Å². The maximum Gasteiger partial charge on any atom is 0.120 e. The van der Waals surface area contributed by atoms with Crippen LogP contribution < -0.4 is 10.1 Å². The molecule has 0 radical (unpaired) electrons. The number of hydrogen-bond acceptors (Lipinski definition) is 2. The van der Waals surface area contributed by atoms with Gasteiger partial charge in [0.15, 0.2) is 0 Å². The molecule has 0 amide bonds. The molecule has 2 aromatic rings. The number of benzene rings is 2. The SMILES string of the molecule is C=C(CNC(C)(C)C)COc1ccc2cc(Br)ccc2c1. The molecular formula is C18H22BrNO. The molecule has 112 valence electrons. The van der Waals surface area contributed by atoms with E-state index in [0.29, 0.717) is 6.61 Å². The van der Waals surface area contributed by atoms with Gasteiger partial charge < -0.3 is 10.1 Å². The van der Waals surface area contributed by atoms with E-state index in [1.807, 2.05) is 12.1 Å². The van der Waals surface area contributed by atoms with Crippen LogP contribution in [0, 0.1) is 0 Å². The van der Waals surface area contributed by atoms with Gasteiger partial charge >= 0.3 is 0 Å². The maximum absolute atomic E-state index is 5.82. The van der Waals surface area contributed by atoms with Crippen molar-refractivity contribution in [2.75, 3.05) is 13.2 Å². The number of rotatable bonds is 5. The first kappa shape index (κ1) is 16.1. The Morgan fingerprint density at radius 2 is 1.81 bits per heavy atom. The molecule has 21 heavy (non-hydrogen) atoms. The van der Waals surface area contributed by atoms with Gasteiger partial charge in [-0.1, -0.05) is 34.6 Å². The first-order valence-corrected chi connectivity index (χ1v) is 7.87. The van der Waals surface area contributed by atoms with Crippen molar-refractivity contribution in [3.63, 3.8) is 0 Å².